The number of fused-ring (bicyclic) bond motifs is 1. The van der Waals surface area contributed by atoms with Gasteiger partial charge in [0.25, 0.3) is 0 Å². The molecule has 48 valence electrons. The molecule has 0 aromatic rings. The van der Waals surface area contributed by atoms with Gasteiger partial charge < -0.3 is 4.90 Å². The monoisotopic (exact) mass is 121 g/mol. The van der Waals surface area contributed by atoms with Crippen LogP contribution in [-0.2, 0) is 0 Å². The van der Waals surface area contributed by atoms with Crippen molar-refractivity contribution in [2.45, 2.75) is 12.2 Å². The fourth-order valence-corrected chi connectivity index (χ4v) is 2.18. The van der Waals surface area contributed by atoms with Crippen LogP contribution in [0.25, 0.3) is 0 Å². The molecule has 0 aromatic heterocycles. The lowest BCUT2D eigenvalue weighted by Crippen LogP contribution is -2.30. The quantitative estimate of drug-likeness (QED) is 0.422. The largest absolute Gasteiger partial charge is 0.306 e. The van der Waals surface area contributed by atoms with Crippen molar-refractivity contribution in [2.75, 3.05) is 20.1 Å². The second-order valence-electron chi connectivity index (χ2n) is 3.54. The Kier molecular flexibility index (Phi) is 1.13. The molecule has 1 saturated carbocycles. The van der Waals surface area contributed by atoms with Gasteiger partial charge in [0.1, 0.15) is 0 Å². The highest BCUT2D eigenvalue weighted by atomic mass is 15.1. The van der Waals surface area contributed by atoms with Gasteiger partial charge in [-0.25, -0.2) is 0 Å². The van der Waals surface area contributed by atoms with Crippen LogP contribution in [0.2, 0.25) is 5.82 Å². The standard InChI is InChI=1S/C7H12BN/c1-9-3-5-2-7(8)6(5)4-9/h5-7H,2-4H2,1H3. The molecule has 3 unspecified atom stereocenters. The molecule has 1 saturated heterocycles. The average molecular weight is 121 g/mol. The van der Waals surface area contributed by atoms with Gasteiger partial charge in [-0.2, -0.15) is 0 Å². The Morgan fingerprint density at radius 1 is 1.44 bits per heavy atom. The first-order valence-corrected chi connectivity index (χ1v) is 3.71. The van der Waals surface area contributed by atoms with Crippen LogP contribution in [0, 0.1) is 11.8 Å². The molecule has 0 N–H and O–H groups in total. The number of hydrogen-bond donors (Lipinski definition) is 0. The van der Waals surface area contributed by atoms with Crippen molar-refractivity contribution in [3.63, 3.8) is 0 Å². The summed E-state index contributed by atoms with van der Waals surface area (Å²) in [4.78, 5) is 2.39. The summed E-state index contributed by atoms with van der Waals surface area (Å²) in [5.41, 5.74) is 0. The molecule has 2 aliphatic rings. The Balaban J connectivity index is 2.00. The molecule has 2 rings (SSSR count). The molecule has 1 nitrogen and oxygen atoms in total. The number of rotatable bonds is 0. The maximum atomic E-state index is 5.80. The molecule has 2 radical (unpaired) electrons. The highest BCUT2D eigenvalue weighted by molar-refractivity contribution is 6.12. The van der Waals surface area contributed by atoms with Gasteiger partial charge in [-0.1, -0.05) is 12.2 Å². The summed E-state index contributed by atoms with van der Waals surface area (Å²) in [7, 11) is 7.98. The summed E-state index contributed by atoms with van der Waals surface area (Å²) < 4.78 is 0. The predicted molar refractivity (Wildman–Crippen MR) is 38.6 cm³/mol. The van der Waals surface area contributed by atoms with E-state index in [1.165, 1.54) is 19.5 Å². The molecule has 2 fully saturated rings. The summed E-state index contributed by atoms with van der Waals surface area (Å²) in [6.45, 7) is 2.53. The molecular weight excluding hydrogens is 109 g/mol. The van der Waals surface area contributed by atoms with E-state index in [0.29, 0.717) is 5.82 Å². The van der Waals surface area contributed by atoms with E-state index in [9.17, 15) is 0 Å². The van der Waals surface area contributed by atoms with Gasteiger partial charge in [-0.3, -0.25) is 0 Å². The molecule has 3 atom stereocenters. The first-order valence-electron chi connectivity index (χ1n) is 3.71. The molecule has 1 aliphatic carbocycles. The molecule has 2 heteroatoms. The fraction of sp³-hybridized carbons (Fsp3) is 1.00. The van der Waals surface area contributed by atoms with Gasteiger partial charge >= 0.3 is 0 Å². The van der Waals surface area contributed by atoms with E-state index >= 15 is 0 Å². The zero-order chi connectivity index (χ0) is 6.43. The van der Waals surface area contributed by atoms with Gasteiger partial charge in [-0.05, 0) is 18.9 Å². The van der Waals surface area contributed by atoms with Crippen molar-refractivity contribution < 1.29 is 0 Å². The number of hydrogen-bond acceptors (Lipinski definition) is 1. The first-order chi connectivity index (χ1) is 4.27. The zero-order valence-electron chi connectivity index (χ0n) is 5.88. The smallest absolute Gasteiger partial charge is 0.0704 e. The molecular formula is C7H12BN. The van der Waals surface area contributed by atoms with Crippen LogP contribution in [0.5, 0.6) is 0 Å². The summed E-state index contributed by atoms with van der Waals surface area (Å²) in [6, 6.07) is 0. The van der Waals surface area contributed by atoms with E-state index in [1.807, 2.05) is 0 Å². The number of nitrogens with zero attached hydrogens (tertiary/aromatic N) is 1. The summed E-state index contributed by atoms with van der Waals surface area (Å²) in [5, 5.41) is 0. The van der Waals surface area contributed by atoms with Crippen molar-refractivity contribution in [3.8, 4) is 0 Å². The summed E-state index contributed by atoms with van der Waals surface area (Å²) in [5.74, 6) is 2.32. The van der Waals surface area contributed by atoms with Gasteiger partial charge in [-0.15, -0.1) is 0 Å². The first kappa shape index (κ1) is 5.78. The minimum absolute atomic E-state index is 0.528. The Hall–Kier alpha value is 0.0249. The van der Waals surface area contributed by atoms with Gasteiger partial charge in [0, 0.05) is 13.1 Å². The van der Waals surface area contributed by atoms with Crippen molar-refractivity contribution in [3.05, 3.63) is 0 Å². The van der Waals surface area contributed by atoms with Crippen molar-refractivity contribution >= 4 is 7.85 Å². The Labute approximate surface area is 57.8 Å². The molecule has 0 amide bonds. The summed E-state index contributed by atoms with van der Waals surface area (Å²) in [6.07, 6.45) is 1.27. The third kappa shape index (κ3) is 0.726. The van der Waals surface area contributed by atoms with Crippen LogP contribution in [0.15, 0.2) is 0 Å². The Bertz CT molecular complexity index is 126. The molecule has 1 aliphatic heterocycles. The Morgan fingerprint density at radius 2 is 2.22 bits per heavy atom. The topological polar surface area (TPSA) is 3.24 Å². The summed E-state index contributed by atoms with van der Waals surface area (Å²) >= 11 is 0. The van der Waals surface area contributed by atoms with Crippen molar-refractivity contribution in [2.24, 2.45) is 11.8 Å². The van der Waals surface area contributed by atoms with Crippen LogP contribution >= 0.6 is 0 Å². The van der Waals surface area contributed by atoms with E-state index in [4.69, 9.17) is 7.85 Å². The van der Waals surface area contributed by atoms with Crippen LogP contribution in [-0.4, -0.2) is 32.9 Å². The van der Waals surface area contributed by atoms with E-state index in [-0.39, 0.29) is 0 Å². The fourth-order valence-electron chi connectivity index (χ4n) is 2.18. The Morgan fingerprint density at radius 3 is 2.67 bits per heavy atom. The lowest BCUT2D eigenvalue weighted by atomic mass is 9.57. The lowest BCUT2D eigenvalue weighted by molar-refractivity contribution is 0.245. The SMILES string of the molecule is [B]C1CC2CN(C)CC12. The van der Waals surface area contributed by atoms with E-state index < -0.39 is 0 Å². The molecule has 0 spiro atoms. The number of likely N-dealkylation sites (tertiary alicyclic amines) is 1. The zero-order valence-corrected chi connectivity index (χ0v) is 5.88. The second-order valence-corrected chi connectivity index (χ2v) is 3.54. The van der Waals surface area contributed by atoms with Crippen molar-refractivity contribution in [1.29, 1.82) is 0 Å². The molecule has 0 bridgehead atoms. The van der Waals surface area contributed by atoms with Crippen LogP contribution in [0.4, 0.5) is 0 Å². The van der Waals surface area contributed by atoms with Gasteiger partial charge in [0.15, 0.2) is 0 Å². The second kappa shape index (κ2) is 1.75. The molecule has 9 heavy (non-hydrogen) atoms. The van der Waals surface area contributed by atoms with E-state index in [0.717, 1.165) is 11.8 Å². The van der Waals surface area contributed by atoms with E-state index in [2.05, 4.69) is 11.9 Å². The van der Waals surface area contributed by atoms with Crippen LogP contribution < -0.4 is 0 Å². The molecule has 0 aromatic carbocycles. The minimum atomic E-state index is 0.528. The highest BCUT2D eigenvalue weighted by Crippen LogP contribution is 2.47. The lowest BCUT2D eigenvalue weighted by Gasteiger charge is -2.37. The average Bonchev–Trinajstić information content (AvgIpc) is 2.08. The maximum Gasteiger partial charge on any atom is 0.0704 e. The normalized spacial score (nSPS) is 50.6. The van der Waals surface area contributed by atoms with Gasteiger partial charge in [0.05, 0.1) is 7.85 Å². The highest BCUT2D eigenvalue weighted by Gasteiger charge is 2.42. The minimum Gasteiger partial charge on any atom is -0.306 e. The van der Waals surface area contributed by atoms with Gasteiger partial charge in [0.2, 0.25) is 0 Å². The van der Waals surface area contributed by atoms with Crippen LogP contribution in [0.3, 0.4) is 0 Å². The third-order valence-corrected chi connectivity index (χ3v) is 2.80. The predicted octanol–water partition coefficient (Wildman–Crippen LogP) is 0.525. The molecule has 1 heterocycles. The van der Waals surface area contributed by atoms with Crippen molar-refractivity contribution in [1.82, 2.24) is 4.90 Å². The van der Waals surface area contributed by atoms with E-state index in [1.54, 1.807) is 0 Å². The van der Waals surface area contributed by atoms with Crippen LogP contribution in [0.1, 0.15) is 6.42 Å². The third-order valence-electron chi connectivity index (χ3n) is 2.80. The maximum absolute atomic E-state index is 5.80.